The first-order valence-electron chi connectivity index (χ1n) is 7.82. The van der Waals surface area contributed by atoms with Crippen LogP contribution in [0.2, 0.25) is 0 Å². The molecule has 0 saturated carbocycles. The number of allylic oxidation sites excluding steroid dienone is 1. The summed E-state index contributed by atoms with van der Waals surface area (Å²) >= 11 is 0. The van der Waals surface area contributed by atoms with Gasteiger partial charge in [0.2, 0.25) is 0 Å². The number of hydrogen-bond acceptors (Lipinski definition) is 6. The van der Waals surface area contributed by atoms with Gasteiger partial charge in [0, 0.05) is 19.3 Å². The molecule has 8 nitrogen and oxygen atoms in total. The van der Waals surface area contributed by atoms with E-state index < -0.39 is 11.3 Å². The van der Waals surface area contributed by atoms with Crippen molar-refractivity contribution in [1.82, 2.24) is 15.3 Å². The second-order valence-corrected chi connectivity index (χ2v) is 5.44. The molecular weight excluding hydrogens is 338 g/mol. The van der Waals surface area contributed by atoms with Crippen LogP contribution in [0.25, 0.3) is 6.08 Å². The van der Waals surface area contributed by atoms with Crippen LogP contribution < -0.4 is 10.9 Å². The Morgan fingerprint density at radius 1 is 1.38 bits per heavy atom. The predicted octanol–water partition coefficient (Wildman–Crippen LogP) is 1.06. The van der Waals surface area contributed by atoms with Gasteiger partial charge in [0.15, 0.2) is 5.78 Å². The number of rotatable bonds is 7. The molecule has 0 radical (unpaired) electrons. The van der Waals surface area contributed by atoms with Gasteiger partial charge in [-0.2, -0.15) is 0 Å². The number of pyridine rings is 2. The normalized spacial score (nSPS) is 10.8. The molecule has 0 aliphatic heterocycles. The molecule has 0 spiro atoms. The largest absolute Gasteiger partial charge is 0.507 e. The number of ketones is 1. The van der Waals surface area contributed by atoms with Gasteiger partial charge in [0.25, 0.3) is 11.5 Å². The maximum atomic E-state index is 12.2. The van der Waals surface area contributed by atoms with Crippen LogP contribution in [0.3, 0.4) is 0 Å². The van der Waals surface area contributed by atoms with Gasteiger partial charge in [0.05, 0.1) is 12.3 Å². The molecule has 2 aromatic rings. The topological polar surface area (TPSA) is 121 Å². The van der Waals surface area contributed by atoms with Crippen molar-refractivity contribution in [2.45, 2.75) is 6.92 Å². The first-order chi connectivity index (χ1) is 12.4. The van der Waals surface area contributed by atoms with Crippen LogP contribution in [-0.2, 0) is 4.74 Å². The second-order valence-electron chi connectivity index (χ2n) is 5.44. The summed E-state index contributed by atoms with van der Waals surface area (Å²) in [5, 5.41) is 12.4. The molecule has 0 saturated heterocycles. The Labute approximate surface area is 149 Å². The Bertz CT molecular complexity index is 902. The minimum absolute atomic E-state index is 0.187. The van der Waals surface area contributed by atoms with Gasteiger partial charge in [0.1, 0.15) is 17.0 Å². The van der Waals surface area contributed by atoms with E-state index in [9.17, 15) is 19.5 Å². The average Bonchev–Trinajstić information content (AvgIpc) is 2.59. The fraction of sp³-hybridized carbons (Fsp3) is 0.222. The zero-order chi connectivity index (χ0) is 19.1. The molecule has 8 heteroatoms. The minimum atomic E-state index is -0.670. The number of aromatic hydroxyl groups is 1. The van der Waals surface area contributed by atoms with Crippen molar-refractivity contribution in [2.75, 3.05) is 20.3 Å². The second kappa shape index (κ2) is 8.72. The number of aromatic amines is 1. The van der Waals surface area contributed by atoms with E-state index in [0.717, 1.165) is 6.08 Å². The molecule has 1 amide bonds. The Balaban J connectivity index is 2.16. The fourth-order valence-electron chi connectivity index (χ4n) is 2.18. The van der Waals surface area contributed by atoms with Gasteiger partial charge in [-0.1, -0.05) is 6.07 Å². The zero-order valence-electron chi connectivity index (χ0n) is 14.4. The summed E-state index contributed by atoms with van der Waals surface area (Å²) in [4.78, 5) is 42.6. The number of ether oxygens (including phenoxy) is 1. The van der Waals surface area contributed by atoms with E-state index in [2.05, 4.69) is 15.3 Å². The maximum absolute atomic E-state index is 12.2. The van der Waals surface area contributed by atoms with Gasteiger partial charge in [-0.15, -0.1) is 0 Å². The number of nitrogens with one attached hydrogen (secondary N) is 2. The van der Waals surface area contributed by atoms with Crippen LogP contribution in [0.1, 0.15) is 32.2 Å². The summed E-state index contributed by atoms with van der Waals surface area (Å²) in [5.41, 5.74) is -0.0221. The van der Waals surface area contributed by atoms with E-state index >= 15 is 0 Å². The summed E-state index contributed by atoms with van der Waals surface area (Å²) in [6.07, 6.45) is 2.49. The lowest BCUT2D eigenvalue weighted by atomic mass is 10.1. The van der Waals surface area contributed by atoms with Crippen molar-refractivity contribution in [3.8, 4) is 5.75 Å². The van der Waals surface area contributed by atoms with E-state index in [1.54, 1.807) is 19.1 Å². The third kappa shape index (κ3) is 4.87. The van der Waals surface area contributed by atoms with E-state index in [1.165, 1.54) is 25.3 Å². The number of aryl methyl sites for hydroxylation is 1. The van der Waals surface area contributed by atoms with Gasteiger partial charge < -0.3 is 20.1 Å². The Morgan fingerprint density at radius 2 is 2.15 bits per heavy atom. The number of amides is 1. The lowest BCUT2D eigenvalue weighted by Crippen LogP contribution is -2.27. The number of aromatic nitrogens is 2. The van der Waals surface area contributed by atoms with Crippen molar-refractivity contribution in [3.63, 3.8) is 0 Å². The number of nitrogens with zero attached hydrogens (tertiary/aromatic N) is 1. The highest BCUT2D eigenvalue weighted by atomic mass is 16.5. The lowest BCUT2D eigenvalue weighted by Gasteiger charge is -2.04. The van der Waals surface area contributed by atoms with Crippen LogP contribution in [0.5, 0.6) is 5.75 Å². The lowest BCUT2D eigenvalue weighted by molar-refractivity contribution is 0.0931. The quantitative estimate of drug-likeness (QED) is 0.387. The van der Waals surface area contributed by atoms with Crippen LogP contribution >= 0.6 is 0 Å². The minimum Gasteiger partial charge on any atom is -0.507 e. The van der Waals surface area contributed by atoms with Crippen LogP contribution in [0.15, 0.2) is 35.1 Å². The molecular formula is C18H19N3O5. The number of H-pyrrole nitrogens is 1. The van der Waals surface area contributed by atoms with Crippen molar-refractivity contribution < 1.29 is 19.4 Å². The zero-order valence-corrected chi connectivity index (χ0v) is 14.4. The highest BCUT2D eigenvalue weighted by Crippen LogP contribution is 2.14. The molecule has 2 rings (SSSR count). The van der Waals surface area contributed by atoms with E-state index in [1.807, 2.05) is 0 Å². The highest BCUT2D eigenvalue weighted by molar-refractivity contribution is 6.08. The number of carbonyl (C=O) groups excluding carboxylic acids is 2. The summed E-state index contributed by atoms with van der Waals surface area (Å²) in [6.45, 7) is 2.33. The first kappa shape index (κ1) is 19.1. The number of methoxy groups -OCH3 is 1. The molecule has 0 aromatic carbocycles. The van der Waals surface area contributed by atoms with Crippen LogP contribution in [-0.4, -0.2) is 47.0 Å². The van der Waals surface area contributed by atoms with E-state index in [0.29, 0.717) is 24.5 Å². The SMILES string of the molecule is COCCNC(=O)c1cccc(/C=C/C(=O)c2c(O)cc(C)[nH]c2=O)n1. The molecule has 0 bridgehead atoms. The third-order valence-corrected chi connectivity index (χ3v) is 3.39. The van der Waals surface area contributed by atoms with Gasteiger partial charge in [-0.05, 0) is 37.3 Å². The molecule has 0 atom stereocenters. The smallest absolute Gasteiger partial charge is 0.269 e. The molecule has 2 heterocycles. The van der Waals surface area contributed by atoms with Crippen LogP contribution in [0.4, 0.5) is 0 Å². The summed E-state index contributed by atoms with van der Waals surface area (Å²) in [6, 6.07) is 6.07. The Kier molecular flexibility index (Phi) is 6.40. The van der Waals surface area contributed by atoms with Crippen molar-refractivity contribution in [1.29, 1.82) is 0 Å². The number of carbonyl (C=O) groups is 2. The molecule has 0 aliphatic carbocycles. The molecule has 26 heavy (non-hydrogen) atoms. The monoisotopic (exact) mass is 357 g/mol. The van der Waals surface area contributed by atoms with Crippen LogP contribution in [0, 0.1) is 6.92 Å². The van der Waals surface area contributed by atoms with Gasteiger partial charge in [-0.3, -0.25) is 14.4 Å². The molecule has 0 unspecified atom stereocenters. The Hall–Kier alpha value is -3.26. The summed E-state index contributed by atoms with van der Waals surface area (Å²) < 4.78 is 4.85. The highest BCUT2D eigenvalue weighted by Gasteiger charge is 2.14. The summed E-state index contributed by atoms with van der Waals surface area (Å²) in [7, 11) is 1.53. The van der Waals surface area contributed by atoms with Crippen molar-refractivity contribution in [2.24, 2.45) is 0 Å². The van der Waals surface area contributed by atoms with Gasteiger partial charge in [-0.25, -0.2) is 4.98 Å². The first-order valence-corrected chi connectivity index (χ1v) is 7.82. The maximum Gasteiger partial charge on any atom is 0.269 e. The number of hydrogen-bond donors (Lipinski definition) is 3. The van der Waals surface area contributed by atoms with Crippen molar-refractivity contribution in [3.05, 3.63) is 63.3 Å². The van der Waals surface area contributed by atoms with E-state index in [-0.39, 0.29) is 22.9 Å². The molecule has 0 fully saturated rings. The molecule has 2 aromatic heterocycles. The summed E-state index contributed by atoms with van der Waals surface area (Å²) in [5.74, 6) is -1.42. The van der Waals surface area contributed by atoms with Crippen molar-refractivity contribution >= 4 is 17.8 Å². The predicted molar refractivity (Wildman–Crippen MR) is 95.3 cm³/mol. The Morgan fingerprint density at radius 3 is 2.85 bits per heavy atom. The fourth-order valence-corrected chi connectivity index (χ4v) is 2.18. The van der Waals surface area contributed by atoms with Gasteiger partial charge >= 0.3 is 0 Å². The molecule has 136 valence electrons. The standard InChI is InChI=1S/C18H19N3O5/c1-11-10-15(23)16(18(25)20-11)14(22)7-6-12-4-3-5-13(21-12)17(24)19-8-9-26-2/h3-7,10H,8-9H2,1-2H3,(H,19,24)(H2,20,23,25)/b7-6+. The third-order valence-electron chi connectivity index (χ3n) is 3.39. The molecule has 3 N–H and O–H groups in total. The molecule has 0 aliphatic rings. The van der Waals surface area contributed by atoms with E-state index in [4.69, 9.17) is 4.74 Å². The average molecular weight is 357 g/mol.